The van der Waals surface area contributed by atoms with Crippen molar-refractivity contribution in [2.24, 2.45) is 0 Å². The van der Waals surface area contributed by atoms with Gasteiger partial charge in [0.25, 0.3) is 5.91 Å². The predicted octanol–water partition coefficient (Wildman–Crippen LogP) is 3.16. The van der Waals surface area contributed by atoms with Crippen LogP contribution in [-0.4, -0.2) is 30.9 Å². The lowest BCUT2D eigenvalue weighted by molar-refractivity contribution is 0.0600. The fourth-order valence-electron chi connectivity index (χ4n) is 2.57. The zero-order valence-corrected chi connectivity index (χ0v) is 13.3. The van der Waals surface area contributed by atoms with Gasteiger partial charge in [-0.25, -0.2) is 4.79 Å². The highest BCUT2D eigenvalue weighted by atomic mass is 16.5. The number of nitrogens with zero attached hydrogens (tertiary/aromatic N) is 1. The van der Waals surface area contributed by atoms with E-state index in [1.54, 1.807) is 24.1 Å². The summed E-state index contributed by atoms with van der Waals surface area (Å²) in [6.45, 7) is 2.45. The molecule has 0 atom stereocenters. The Morgan fingerprint density at radius 3 is 2.52 bits per heavy atom. The topological polar surface area (TPSA) is 55.8 Å². The van der Waals surface area contributed by atoms with Crippen LogP contribution in [0.25, 0.3) is 0 Å². The summed E-state index contributed by atoms with van der Waals surface area (Å²) in [4.78, 5) is 25.7. The van der Waals surface area contributed by atoms with Crippen LogP contribution in [0.1, 0.15) is 31.8 Å². The summed E-state index contributed by atoms with van der Waals surface area (Å²) in [6.07, 6.45) is 0. The lowest BCUT2D eigenvalue weighted by Crippen LogP contribution is -2.17. The van der Waals surface area contributed by atoms with Crippen LogP contribution in [0.3, 0.4) is 0 Å². The van der Waals surface area contributed by atoms with E-state index in [4.69, 9.17) is 9.47 Å². The van der Waals surface area contributed by atoms with Gasteiger partial charge in [-0.15, -0.1) is 0 Å². The highest BCUT2D eigenvalue weighted by molar-refractivity contribution is 6.02. The molecule has 0 aliphatic carbocycles. The summed E-state index contributed by atoms with van der Waals surface area (Å²) < 4.78 is 10.7. The molecule has 0 radical (unpaired) electrons. The Morgan fingerprint density at radius 1 is 1.17 bits per heavy atom. The second kappa shape index (κ2) is 5.76. The molecule has 0 fully saturated rings. The third kappa shape index (κ3) is 2.77. The number of carbonyl (C=O) groups excluding carboxylic acids is 2. The highest BCUT2D eigenvalue weighted by Gasteiger charge is 2.29. The Balaban J connectivity index is 2.06. The molecule has 0 spiro atoms. The Morgan fingerprint density at radius 2 is 1.87 bits per heavy atom. The molecule has 118 valence electrons. The largest absolute Gasteiger partial charge is 0.465 e. The zero-order valence-electron chi connectivity index (χ0n) is 13.3. The number of methoxy groups -OCH3 is 1. The lowest BCUT2D eigenvalue weighted by Gasteiger charge is -2.12. The number of carbonyl (C=O) groups is 2. The molecule has 3 rings (SSSR count). The number of hydrogen-bond acceptors (Lipinski definition) is 4. The van der Waals surface area contributed by atoms with E-state index in [0.717, 1.165) is 11.1 Å². The van der Waals surface area contributed by atoms with Gasteiger partial charge in [-0.2, -0.15) is 0 Å². The number of hydrogen-bond donors (Lipinski definition) is 0. The Labute approximate surface area is 134 Å². The number of fused-ring (bicyclic) bond motifs is 1. The predicted molar refractivity (Wildman–Crippen MR) is 84.8 cm³/mol. The summed E-state index contributed by atoms with van der Waals surface area (Å²) in [5.41, 5.74) is 2.70. The van der Waals surface area contributed by atoms with E-state index in [9.17, 15) is 9.59 Å². The van der Waals surface area contributed by atoms with E-state index in [0.29, 0.717) is 29.2 Å². The van der Waals surface area contributed by atoms with Crippen molar-refractivity contribution in [3.63, 3.8) is 0 Å². The number of ether oxygens (including phenoxy) is 2. The summed E-state index contributed by atoms with van der Waals surface area (Å²) in [5.74, 6) is 0.537. The maximum Gasteiger partial charge on any atom is 0.338 e. The maximum atomic E-state index is 12.2. The fraction of sp³-hybridized carbons (Fsp3) is 0.222. The van der Waals surface area contributed by atoms with E-state index in [1.165, 1.54) is 7.11 Å². The van der Waals surface area contributed by atoms with Crippen molar-refractivity contribution in [2.75, 3.05) is 14.2 Å². The summed E-state index contributed by atoms with van der Waals surface area (Å²) >= 11 is 0. The van der Waals surface area contributed by atoms with Gasteiger partial charge in [-0.3, -0.25) is 4.79 Å². The van der Waals surface area contributed by atoms with Gasteiger partial charge in [-0.1, -0.05) is 17.7 Å². The van der Waals surface area contributed by atoms with E-state index in [1.807, 2.05) is 31.2 Å². The monoisotopic (exact) mass is 311 g/mol. The molecule has 1 aliphatic rings. The Kier molecular flexibility index (Phi) is 3.78. The molecule has 0 saturated carbocycles. The van der Waals surface area contributed by atoms with E-state index >= 15 is 0 Å². The summed E-state index contributed by atoms with van der Waals surface area (Å²) in [6, 6.07) is 10.8. The second-order valence-corrected chi connectivity index (χ2v) is 5.57. The van der Waals surface area contributed by atoms with Gasteiger partial charge >= 0.3 is 5.97 Å². The summed E-state index contributed by atoms with van der Waals surface area (Å²) in [5, 5.41) is 0. The van der Waals surface area contributed by atoms with Crippen LogP contribution in [0, 0.1) is 6.92 Å². The van der Waals surface area contributed by atoms with Crippen molar-refractivity contribution in [1.82, 2.24) is 4.90 Å². The first-order valence-corrected chi connectivity index (χ1v) is 7.25. The minimum Gasteiger partial charge on any atom is -0.465 e. The molecule has 23 heavy (non-hydrogen) atoms. The van der Waals surface area contributed by atoms with Crippen LogP contribution < -0.4 is 4.74 Å². The number of esters is 1. The van der Waals surface area contributed by atoms with Gasteiger partial charge in [0, 0.05) is 18.2 Å². The molecular weight excluding hydrogens is 294 g/mol. The van der Waals surface area contributed by atoms with Crippen molar-refractivity contribution >= 4 is 11.9 Å². The molecule has 2 aromatic carbocycles. The molecular formula is C18H17NO4. The average molecular weight is 311 g/mol. The molecule has 0 unspecified atom stereocenters. The van der Waals surface area contributed by atoms with Crippen LogP contribution >= 0.6 is 0 Å². The number of amides is 1. The van der Waals surface area contributed by atoms with Gasteiger partial charge in [0.2, 0.25) is 0 Å². The normalized spacial score (nSPS) is 13.0. The van der Waals surface area contributed by atoms with E-state index in [2.05, 4.69) is 0 Å². The van der Waals surface area contributed by atoms with Crippen molar-refractivity contribution in [2.45, 2.75) is 13.5 Å². The standard InChI is InChI=1S/C18H17NO4/c1-11-4-6-13(7-5-11)23-16-9-12(18(21)22-3)8-14-15(16)10-19(2)17(14)20/h4-9H,10H2,1-3H3. The molecule has 2 aromatic rings. The third-order valence-corrected chi connectivity index (χ3v) is 3.85. The van der Waals surface area contributed by atoms with Crippen molar-refractivity contribution in [3.8, 4) is 11.5 Å². The molecule has 0 aromatic heterocycles. The molecule has 1 aliphatic heterocycles. The van der Waals surface area contributed by atoms with Crippen LogP contribution in [0.15, 0.2) is 36.4 Å². The maximum absolute atomic E-state index is 12.2. The molecule has 1 amide bonds. The number of benzene rings is 2. The number of aryl methyl sites for hydroxylation is 1. The SMILES string of the molecule is COC(=O)c1cc(Oc2ccc(C)cc2)c2c(c1)C(=O)N(C)C2. The van der Waals surface area contributed by atoms with Crippen molar-refractivity contribution in [1.29, 1.82) is 0 Å². The number of rotatable bonds is 3. The van der Waals surface area contributed by atoms with Crippen molar-refractivity contribution in [3.05, 3.63) is 58.7 Å². The minimum atomic E-state index is -0.496. The lowest BCUT2D eigenvalue weighted by atomic mass is 10.0. The molecule has 0 N–H and O–H groups in total. The molecule has 5 nitrogen and oxygen atoms in total. The molecule has 0 saturated heterocycles. The minimum absolute atomic E-state index is 0.125. The quantitative estimate of drug-likeness (QED) is 0.817. The molecule has 5 heteroatoms. The zero-order chi connectivity index (χ0) is 16.6. The van der Waals surface area contributed by atoms with Crippen LogP contribution in [-0.2, 0) is 11.3 Å². The highest BCUT2D eigenvalue weighted by Crippen LogP contribution is 2.35. The first-order valence-electron chi connectivity index (χ1n) is 7.25. The van der Waals surface area contributed by atoms with E-state index < -0.39 is 5.97 Å². The first kappa shape index (κ1) is 15.1. The van der Waals surface area contributed by atoms with Gasteiger partial charge in [0.1, 0.15) is 11.5 Å². The smallest absolute Gasteiger partial charge is 0.338 e. The van der Waals surface area contributed by atoms with Gasteiger partial charge in [0.05, 0.1) is 19.2 Å². The van der Waals surface area contributed by atoms with Crippen LogP contribution in [0.4, 0.5) is 0 Å². The van der Waals surface area contributed by atoms with Crippen LogP contribution in [0.2, 0.25) is 0 Å². The van der Waals surface area contributed by atoms with Gasteiger partial charge < -0.3 is 14.4 Å². The van der Waals surface area contributed by atoms with Crippen LogP contribution in [0.5, 0.6) is 11.5 Å². The van der Waals surface area contributed by atoms with Gasteiger partial charge in [0.15, 0.2) is 0 Å². The Bertz CT molecular complexity index is 780. The Hall–Kier alpha value is -2.82. The van der Waals surface area contributed by atoms with E-state index in [-0.39, 0.29) is 5.91 Å². The van der Waals surface area contributed by atoms with Crippen molar-refractivity contribution < 1.29 is 19.1 Å². The fourth-order valence-corrected chi connectivity index (χ4v) is 2.57. The summed E-state index contributed by atoms with van der Waals surface area (Å²) in [7, 11) is 3.03. The third-order valence-electron chi connectivity index (χ3n) is 3.85. The average Bonchev–Trinajstić information content (AvgIpc) is 2.84. The molecule has 1 heterocycles. The first-order chi connectivity index (χ1) is 11.0. The van der Waals surface area contributed by atoms with Gasteiger partial charge in [-0.05, 0) is 31.2 Å². The second-order valence-electron chi connectivity index (χ2n) is 5.57. The molecule has 0 bridgehead atoms.